The smallest absolute Gasteiger partial charge is 0.216 e. The van der Waals surface area contributed by atoms with E-state index in [1.54, 1.807) is 0 Å². The Balaban J connectivity index is 0.00000148. The molecule has 0 aromatic heterocycles. The van der Waals surface area contributed by atoms with Gasteiger partial charge in [-0.15, -0.1) is 0 Å². The van der Waals surface area contributed by atoms with Crippen LogP contribution < -0.4 is 21.7 Å². The molecule has 3 atom stereocenters. The summed E-state index contributed by atoms with van der Waals surface area (Å²) in [6.07, 6.45) is 3.11. The number of hydrogen-bond donors (Lipinski definition) is 4. The minimum Gasteiger partial charge on any atom is -0.399 e. The van der Waals surface area contributed by atoms with Crippen LogP contribution in [-0.4, -0.2) is 33.1 Å². The predicted molar refractivity (Wildman–Crippen MR) is 192 cm³/mol. The van der Waals surface area contributed by atoms with Gasteiger partial charge in [0.1, 0.15) is 0 Å². The Labute approximate surface area is 271 Å². The number of nitrogens with two attached hydrogens (primary N) is 1. The highest BCUT2D eigenvalue weighted by Crippen LogP contribution is 2.61. The van der Waals surface area contributed by atoms with Crippen LogP contribution in [0.5, 0.6) is 0 Å². The van der Waals surface area contributed by atoms with Gasteiger partial charge in [-0.25, -0.2) is 0 Å². The molecule has 2 aromatic carbocycles. The highest BCUT2D eigenvalue weighted by Gasteiger charge is 2.50. The van der Waals surface area contributed by atoms with Gasteiger partial charge >= 0.3 is 0 Å². The molecule has 0 aliphatic heterocycles. The van der Waals surface area contributed by atoms with Gasteiger partial charge in [0.05, 0.1) is 0 Å². The third kappa shape index (κ3) is 6.24. The third-order valence-corrected chi connectivity index (χ3v) is 10.2. The molecule has 1 amide bonds. The average Bonchev–Trinajstić information content (AvgIpc) is 2.97. The molecule has 2 aromatic rings. The standard InChI is InChI=1S/C38H45N3O.C2H7N/c1-21-13-14-33(30-12-10-11-29(18-30)27(7)40-15-16-41-28(8)42)34-20-31-19-32-17-22(2)36(26(6)39)24(4)38(32,9)25(5)37(31)23(3)35(21)34;1-3-2/h10-14,18,31-32,40H,3-4,6-7,15-17,19-20,39H2,1-2,5,8-9H3,(H,41,42);3H,1-2H3/t31?,32-,38+;/m1./s1. The van der Waals surface area contributed by atoms with Gasteiger partial charge in [0.2, 0.25) is 5.91 Å². The molecule has 5 nitrogen and oxygen atoms in total. The molecule has 3 aliphatic rings. The number of aryl methyl sites for hydroxylation is 1. The second-order valence-corrected chi connectivity index (χ2v) is 13.2. The number of allylic oxidation sites excluding steroid dienone is 5. The van der Waals surface area contributed by atoms with E-state index in [1.165, 1.54) is 51.5 Å². The van der Waals surface area contributed by atoms with Gasteiger partial charge in [-0.3, -0.25) is 4.79 Å². The lowest BCUT2D eigenvalue weighted by atomic mass is 9.51. The van der Waals surface area contributed by atoms with Crippen molar-refractivity contribution in [3.63, 3.8) is 0 Å². The van der Waals surface area contributed by atoms with Gasteiger partial charge in [0.15, 0.2) is 0 Å². The first kappa shape index (κ1) is 33.8. The highest BCUT2D eigenvalue weighted by molar-refractivity contribution is 5.89. The first-order valence-corrected chi connectivity index (χ1v) is 16.0. The zero-order valence-electron chi connectivity index (χ0n) is 28.5. The van der Waals surface area contributed by atoms with Crippen molar-refractivity contribution in [3.05, 3.63) is 119 Å². The van der Waals surface area contributed by atoms with Gasteiger partial charge < -0.3 is 21.7 Å². The summed E-state index contributed by atoms with van der Waals surface area (Å²) < 4.78 is 0. The summed E-state index contributed by atoms with van der Waals surface area (Å²) >= 11 is 0. The molecule has 5 heteroatoms. The normalized spacial score (nSPS) is 22.0. The Bertz CT molecular complexity index is 1640. The van der Waals surface area contributed by atoms with Gasteiger partial charge in [-0.2, -0.15) is 0 Å². The topological polar surface area (TPSA) is 79.2 Å². The number of carbonyl (C=O) groups is 1. The second-order valence-electron chi connectivity index (χ2n) is 13.2. The molecule has 0 fully saturated rings. The zero-order valence-corrected chi connectivity index (χ0v) is 28.5. The fraction of sp³-hybridized carbons (Fsp3) is 0.375. The molecule has 5 rings (SSSR count). The molecule has 0 spiro atoms. The fourth-order valence-electron chi connectivity index (χ4n) is 7.94. The van der Waals surface area contributed by atoms with Crippen molar-refractivity contribution in [3.8, 4) is 11.1 Å². The van der Waals surface area contributed by atoms with Gasteiger partial charge in [-0.05, 0) is 128 Å². The predicted octanol–water partition coefficient (Wildman–Crippen LogP) is 7.47. The largest absolute Gasteiger partial charge is 0.399 e. The van der Waals surface area contributed by atoms with Crippen LogP contribution in [0.15, 0.2) is 96.3 Å². The molecule has 0 saturated heterocycles. The van der Waals surface area contributed by atoms with Gasteiger partial charge in [-0.1, -0.05) is 74.7 Å². The number of rotatable bonds is 7. The van der Waals surface area contributed by atoms with Crippen LogP contribution in [0.4, 0.5) is 0 Å². The van der Waals surface area contributed by atoms with Crippen molar-refractivity contribution in [2.24, 2.45) is 23.0 Å². The van der Waals surface area contributed by atoms with Crippen LogP contribution >= 0.6 is 0 Å². The van der Waals surface area contributed by atoms with E-state index in [0.29, 0.717) is 30.6 Å². The molecular formula is C40H52N4O. The lowest BCUT2D eigenvalue weighted by Gasteiger charge is -2.53. The van der Waals surface area contributed by atoms with Crippen molar-refractivity contribution in [1.29, 1.82) is 0 Å². The van der Waals surface area contributed by atoms with Crippen molar-refractivity contribution in [2.75, 3.05) is 27.2 Å². The van der Waals surface area contributed by atoms with Crippen LogP contribution in [0, 0.1) is 24.2 Å². The van der Waals surface area contributed by atoms with Crippen LogP contribution in [0.3, 0.4) is 0 Å². The molecule has 0 radical (unpaired) electrons. The maximum Gasteiger partial charge on any atom is 0.216 e. The molecule has 1 unspecified atom stereocenters. The molecule has 238 valence electrons. The van der Waals surface area contributed by atoms with E-state index >= 15 is 0 Å². The summed E-state index contributed by atoms with van der Waals surface area (Å²) in [7, 11) is 3.75. The van der Waals surface area contributed by atoms with Crippen LogP contribution in [0.25, 0.3) is 22.4 Å². The van der Waals surface area contributed by atoms with E-state index in [1.807, 2.05) is 14.1 Å². The number of carbonyl (C=O) groups excluding carboxylic acids is 1. The van der Waals surface area contributed by atoms with Gasteiger partial charge in [0.25, 0.3) is 0 Å². The van der Waals surface area contributed by atoms with Gasteiger partial charge in [0, 0.05) is 36.8 Å². The van der Waals surface area contributed by atoms with E-state index in [2.05, 4.69) is 99.8 Å². The van der Waals surface area contributed by atoms with Crippen molar-refractivity contribution < 1.29 is 4.79 Å². The highest BCUT2D eigenvalue weighted by atomic mass is 16.1. The van der Waals surface area contributed by atoms with Crippen LogP contribution in [0.2, 0.25) is 0 Å². The first-order valence-electron chi connectivity index (χ1n) is 16.0. The molecule has 3 aliphatic carbocycles. The summed E-state index contributed by atoms with van der Waals surface area (Å²) in [6, 6.07) is 13.1. The summed E-state index contributed by atoms with van der Waals surface area (Å²) in [6.45, 7) is 29.5. The molecular weight excluding hydrogens is 552 g/mol. The Kier molecular flexibility index (Phi) is 10.1. The number of hydrogen-bond acceptors (Lipinski definition) is 4. The summed E-state index contributed by atoms with van der Waals surface area (Å²) in [5.41, 5.74) is 22.5. The van der Waals surface area contributed by atoms with E-state index in [0.717, 1.165) is 47.2 Å². The average molecular weight is 605 g/mol. The summed E-state index contributed by atoms with van der Waals surface area (Å²) in [5, 5.41) is 8.92. The van der Waals surface area contributed by atoms with Crippen molar-refractivity contribution >= 4 is 17.2 Å². The minimum atomic E-state index is -0.156. The second kappa shape index (κ2) is 13.5. The monoisotopic (exact) mass is 604 g/mol. The summed E-state index contributed by atoms with van der Waals surface area (Å²) in [4.78, 5) is 11.2. The maximum absolute atomic E-state index is 11.2. The van der Waals surface area contributed by atoms with E-state index < -0.39 is 0 Å². The third-order valence-electron chi connectivity index (χ3n) is 10.2. The fourth-order valence-corrected chi connectivity index (χ4v) is 7.94. The number of fused-ring (bicyclic) bond motifs is 3. The lowest BCUT2D eigenvalue weighted by Crippen LogP contribution is -2.42. The Morgan fingerprint density at radius 2 is 1.69 bits per heavy atom. The Morgan fingerprint density at radius 1 is 1.02 bits per heavy atom. The Morgan fingerprint density at radius 3 is 2.33 bits per heavy atom. The first-order chi connectivity index (χ1) is 21.3. The molecule has 5 N–H and O–H groups in total. The molecule has 0 bridgehead atoms. The van der Waals surface area contributed by atoms with E-state index in [-0.39, 0.29) is 11.3 Å². The summed E-state index contributed by atoms with van der Waals surface area (Å²) in [5.74, 6) is 0.859. The SMILES string of the molecule is C=C(N)C1=C(C)C[C@@H]2CC3Cc4c(-c5cccc(C(=C)NCCNC(C)=O)c5)ccc(C)c4C(=C)C3=C(C)[C@]2(C)C1=C.CNC. The zero-order chi connectivity index (χ0) is 33.2. The van der Waals surface area contributed by atoms with E-state index in [9.17, 15) is 4.79 Å². The van der Waals surface area contributed by atoms with Crippen LogP contribution in [0.1, 0.15) is 62.8 Å². The lowest BCUT2D eigenvalue weighted by molar-refractivity contribution is -0.118. The molecule has 0 heterocycles. The van der Waals surface area contributed by atoms with E-state index in [4.69, 9.17) is 12.3 Å². The molecule has 45 heavy (non-hydrogen) atoms. The number of nitrogens with one attached hydrogen (secondary N) is 3. The van der Waals surface area contributed by atoms with Crippen LogP contribution in [-0.2, 0) is 11.2 Å². The molecule has 0 saturated carbocycles. The number of amides is 1. The Hall–Kier alpha value is -4.09. The quantitative estimate of drug-likeness (QED) is 0.247. The van der Waals surface area contributed by atoms with Crippen molar-refractivity contribution in [2.45, 2.75) is 53.9 Å². The minimum absolute atomic E-state index is 0.0304. The number of benzene rings is 2. The van der Waals surface area contributed by atoms with Crippen molar-refractivity contribution in [1.82, 2.24) is 16.0 Å². The maximum atomic E-state index is 11.2.